The SMILES string of the molecule is CO[C@H](c1ccc(N=C(N)N)cc1)[C@@H](CF)N/C=C(/CCN(C)[C@H]1C[C@@H](C)O[C@@H](O)C1)NN. The lowest BCUT2D eigenvalue weighted by Crippen LogP contribution is -2.44. The molecule has 0 amide bonds. The Kier molecular flexibility index (Phi) is 10.8. The Balaban J connectivity index is 1.98. The zero-order valence-electron chi connectivity index (χ0n) is 19.6. The molecule has 1 aliphatic heterocycles. The Hall–Kier alpha value is -2.44. The number of hydrogen-bond donors (Lipinski definition) is 6. The molecule has 33 heavy (non-hydrogen) atoms. The van der Waals surface area contributed by atoms with Crippen LogP contribution in [-0.2, 0) is 9.47 Å². The molecule has 11 heteroatoms. The van der Waals surface area contributed by atoms with Crippen LogP contribution in [-0.4, -0.2) is 67.8 Å². The summed E-state index contributed by atoms with van der Waals surface area (Å²) < 4.78 is 24.8. The Morgan fingerprint density at radius 3 is 2.61 bits per heavy atom. The van der Waals surface area contributed by atoms with Crippen molar-refractivity contribution in [1.82, 2.24) is 15.6 Å². The average Bonchev–Trinajstić information content (AvgIpc) is 2.78. The van der Waals surface area contributed by atoms with Crippen LogP contribution in [0.4, 0.5) is 10.1 Å². The molecule has 2 rings (SSSR count). The molecule has 1 aromatic rings. The minimum absolute atomic E-state index is 0.00957. The van der Waals surface area contributed by atoms with Crippen molar-refractivity contribution in [2.24, 2.45) is 22.3 Å². The highest BCUT2D eigenvalue weighted by Crippen LogP contribution is 2.25. The third-order valence-corrected chi connectivity index (χ3v) is 5.75. The van der Waals surface area contributed by atoms with Gasteiger partial charge in [0.15, 0.2) is 12.2 Å². The molecule has 10 nitrogen and oxygen atoms in total. The molecule has 0 spiro atoms. The van der Waals surface area contributed by atoms with Gasteiger partial charge >= 0.3 is 0 Å². The number of benzene rings is 1. The van der Waals surface area contributed by atoms with Gasteiger partial charge in [0.2, 0.25) is 0 Å². The summed E-state index contributed by atoms with van der Waals surface area (Å²) in [6.07, 6.45) is 2.44. The number of methoxy groups -OCH3 is 1. The number of halogens is 1. The van der Waals surface area contributed by atoms with E-state index in [9.17, 15) is 9.50 Å². The Bertz CT molecular complexity index is 764. The van der Waals surface area contributed by atoms with Crippen LogP contribution in [0.25, 0.3) is 0 Å². The first-order chi connectivity index (χ1) is 15.8. The molecule has 0 aromatic heterocycles. The van der Waals surface area contributed by atoms with Crippen molar-refractivity contribution in [3.63, 3.8) is 0 Å². The number of hydrazine groups is 1. The second kappa shape index (κ2) is 13.3. The topological polar surface area (TPSA) is 156 Å². The minimum Gasteiger partial charge on any atom is -0.381 e. The highest BCUT2D eigenvalue weighted by atomic mass is 19.1. The molecular formula is C22H38FN7O3. The summed E-state index contributed by atoms with van der Waals surface area (Å²) >= 11 is 0. The van der Waals surface area contributed by atoms with E-state index >= 15 is 0 Å². The van der Waals surface area contributed by atoms with Crippen LogP contribution in [0.1, 0.15) is 37.9 Å². The Labute approximate surface area is 195 Å². The lowest BCUT2D eigenvalue weighted by molar-refractivity contribution is -0.173. The molecular weight excluding hydrogens is 429 g/mol. The van der Waals surface area contributed by atoms with Gasteiger partial charge in [-0.05, 0) is 38.1 Å². The zero-order chi connectivity index (χ0) is 24.4. The van der Waals surface area contributed by atoms with Crippen LogP contribution in [0, 0.1) is 0 Å². The number of nitrogens with two attached hydrogens (primary N) is 3. The van der Waals surface area contributed by atoms with Gasteiger partial charge in [-0.15, -0.1) is 0 Å². The summed E-state index contributed by atoms with van der Waals surface area (Å²) in [7, 11) is 3.54. The number of aliphatic hydroxyl groups is 1. The number of aliphatic imine (C=N–C) groups is 1. The van der Waals surface area contributed by atoms with Gasteiger partial charge in [-0.25, -0.2) is 9.38 Å². The Morgan fingerprint density at radius 2 is 2.06 bits per heavy atom. The van der Waals surface area contributed by atoms with E-state index < -0.39 is 25.1 Å². The molecule has 0 aliphatic carbocycles. The van der Waals surface area contributed by atoms with Gasteiger partial charge in [-0.3, -0.25) is 5.84 Å². The summed E-state index contributed by atoms with van der Waals surface area (Å²) in [6.45, 7) is 2.01. The third-order valence-electron chi connectivity index (χ3n) is 5.75. The second-order valence-electron chi connectivity index (χ2n) is 8.28. The van der Waals surface area contributed by atoms with E-state index in [0.717, 1.165) is 17.7 Å². The first-order valence-corrected chi connectivity index (χ1v) is 11.0. The number of rotatable bonds is 12. The van der Waals surface area contributed by atoms with Gasteiger partial charge < -0.3 is 41.7 Å². The first kappa shape index (κ1) is 26.8. The highest BCUT2D eigenvalue weighted by molar-refractivity contribution is 5.78. The number of alkyl halides is 1. The fourth-order valence-electron chi connectivity index (χ4n) is 3.96. The lowest BCUT2D eigenvalue weighted by atomic mass is 10.0. The van der Waals surface area contributed by atoms with E-state index in [2.05, 4.69) is 20.6 Å². The summed E-state index contributed by atoms with van der Waals surface area (Å²) in [4.78, 5) is 6.16. The van der Waals surface area contributed by atoms with Crippen molar-refractivity contribution < 1.29 is 19.0 Å². The van der Waals surface area contributed by atoms with E-state index in [1.807, 2.05) is 14.0 Å². The average molecular weight is 468 g/mol. The van der Waals surface area contributed by atoms with Crippen molar-refractivity contribution in [2.75, 3.05) is 27.4 Å². The number of aliphatic hydroxyl groups excluding tert-OH is 1. The number of guanidine groups is 1. The van der Waals surface area contributed by atoms with E-state index in [1.54, 1.807) is 30.5 Å². The van der Waals surface area contributed by atoms with E-state index in [4.69, 9.17) is 26.8 Å². The quantitative estimate of drug-likeness (QED) is 0.113. The number of nitrogens with zero attached hydrogens (tertiary/aromatic N) is 2. The van der Waals surface area contributed by atoms with Crippen LogP contribution in [0.15, 0.2) is 41.2 Å². The number of hydrogen-bond acceptors (Lipinski definition) is 8. The maximum atomic E-state index is 13.9. The predicted octanol–water partition coefficient (Wildman–Crippen LogP) is 0.719. The minimum atomic E-state index is -0.740. The van der Waals surface area contributed by atoms with E-state index in [1.165, 1.54) is 7.11 Å². The number of nitrogens with one attached hydrogen (secondary N) is 2. The van der Waals surface area contributed by atoms with Crippen LogP contribution in [0.3, 0.4) is 0 Å². The summed E-state index contributed by atoms with van der Waals surface area (Å²) in [5.41, 5.74) is 15.6. The molecule has 0 radical (unpaired) electrons. The number of ether oxygens (including phenoxy) is 2. The van der Waals surface area contributed by atoms with E-state index in [0.29, 0.717) is 25.1 Å². The van der Waals surface area contributed by atoms with Gasteiger partial charge in [0.05, 0.1) is 17.8 Å². The van der Waals surface area contributed by atoms with Gasteiger partial charge in [0, 0.05) is 44.4 Å². The normalized spacial score (nSPS) is 23.1. The Morgan fingerprint density at radius 1 is 1.36 bits per heavy atom. The molecule has 1 saturated heterocycles. The van der Waals surface area contributed by atoms with Crippen molar-refractivity contribution in [2.45, 2.75) is 56.8 Å². The predicted molar refractivity (Wildman–Crippen MR) is 127 cm³/mol. The van der Waals surface area contributed by atoms with Crippen molar-refractivity contribution in [3.8, 4) is 0 Å². The summed E-state index contributed by atoms with van der Waals surface area (Å²) in [5, 5.41) is 12.9. The lowest BCUT2D eigenvalue weighted by Gasteiger charge is -2.36. The first-order valence-electron chi connectivity index (χ1n) is 11.0. The van der Waals surface area contributed by atoms with Crippen molar-refractivity contribution in [1.29, 1.82) is 0 Å². The smallest absolute Gasteiger partial charge is 0.191 e. The molecule has 0 bridgehead atoms. The maximum absolute atomic E-state index is 13.9. The molecule has 1 aliphatic rings. The van der Waals surface area contributed by atoms with Crippen LogP contribution < -0.4 is 28.1 Å². The van der Waals surface area contributed by atoms with Gasteiger partial charge in [-0.2, -0.15) is 0 Å². The van der Waals surface area contributed by atoms with Crippen molar-refractivity contribution >= 4 is 11.6 Å². The second-order valence-corrected chi connectivity index (χ2v) is 8.28. The van der Waals surface area contributed by atoms with Gasteiger partial charge in [-0.1, -0.05) is 12.1 Å². The molecule has 1 aromatic carbocycles. The molecule has 0 saturated carbocycles. The third kappa shape index (κ3) is 8.45. The van der Waals surface area contributed by atoms with Gasteiger partial charge in [0.25, 0.3) is 0 Å². The zero-order valence-corrected chi connectivity index (χ0v) is 19.6. The van der Waals surface area contributed by atoms with Crippen LogP contribution in [0.2, 0.25) is 0 Å². The molecule has 1 fully saturated rings. The summed E-state index contributed by atoms with van der Waals surface area (Å²) in [6, 6.07) is 6.66. The van der Waals surface area contributed by atoms with Gasteiger partial charge in [0.1, 0.15) is 12.8 Å². The molecule has 186 valence electrons. The molecule has 5 atom stereocenters. The largest absolute Gasteiger partial charge is 0.381 e. The highest BCUT2D eigenvalue weighted by Gasteiger charge is 2.28. The molecule has 9 N–H and O–H groups in total. The standard InChI is InChI=1S/C22H38FN7O3/c1-14-10-18(11-20(31)33-14)30(2)9-8-17(29-26)13-27-19(12-23)21(32-3)15-4-6-16(7-5-15)28-22(24)25/h4-7,13-14,18-21,27,29,31H,8-12,26H2,1-3H3,(H4,24,25,28)/b17-13-/t14-,18+,19-,20-,21-/m1/s1. The monoisotopic (exact) mass is 467 g/mol. The van der Waals surface area contributed by atoms with Crippen molar-refractivity contribution in [3.05, 3.63) is 41.7 Å². The van der Waals surface area contributed by atoms with E-state index in [-0.39, 0.29) is 18.1 Å². The summed E-state index contributed by atoms with van der Waals surface area (Å²) in [5.74, 6) is 5.66. The van der Waals surface area contributed by atoms with Crippen LogP contribution >= 0.6 is 0 Å². The maximum Gasteiger partial charge on any atom is 0.191 e. The molecule has 1 heterocycles. The fraction of sp³-hybridized carbons (Fsp3) is 0.591. The van der Waals surface area contributed by atoms with Crippen LogP contribution in [0.5, 0.6) is 0 Å². The molecule has 0 unspecified atom stereocenters. The fourth-order valence-corrected chi connectivity index (χ4v) is 3.96.